The monoisotopic (exact) mass is 367 g/mol. The van der Waals surface area contributed by atoms with Gasteiger partial charge < -0.3 is 4.90 Å². The zero-order chi connectivity index (χ0) is 17.3. The van der Waals surface area contributed by atoms with Gasteiger partial charge in [-0.05, 0) is 36.8 Å². The van der Waals surface area contributed by atoms with E-state index in [1.165, 1.54) is 20.8 Å². The topological polar surface area (TPSA) is 53.5 Å². The molecule has 0 bridgehead atoms. The van der Waals surface area contributed by atoms with Crippen LogP contribution in [-0.2, 0) is 16.4 Å². The molecule has 0 aliphatic carbocycles. The van der Waals surface area contributed by atoms with Gasteiger partial charge in [0.05, 0.1) is 16.5 Å². The molecule has 1 aromatic heterocycles. The van der Waals surface area contributed by atoms with Crippen molar-refractivity contribution in [2.45, 2.75) is 26.2 Å². The summed E-state index contributed by atoms with van der Waals surface area (Å²) in [6, 6.07) is 6.40. The first-order valence-corrected chi connectivity index (χ1v) is 11.1. The Balaban J connectivity index is 1.67. The van der Waals surface area contributed by atoms with E-state index in [1.54, 1.807) is 18.4 Å². The third-order valence-electron chi connectivity index (χ3n) is 4.84. The van der Waals surface area contributed by atoms with Crippen LogP contribution in [-0.4, -0.2) is 50.6 Å². The molecule has 2 aromatic rings. The average Bonchev–Trinajstić information content (AvgIpc) is 2.98. The van der Waals surface area contributed by atoms with Crippen molar-refractivity contribution in [1.82, 2.24) is 9.29 Å². The van der Waals surface area contributed by atoms with E-state index in [0.29, 0.717) is 12.5 Å². The molecule has 0 unspecified atom stereocenters. The highest BCUT2D eigenvalue weighted by Crippen LogP contribution is 2.33. The molecule has 24 heavy (non-hydrogen) atoms. The van der Waals surface area contributed by atoms with Gasteiger partial charge in [-0.3, -0.25) is 0 Å². The number of hydrogen-bond donors (Lipinski definition) is 0. The van der Waals surface area contributed by atoms with Crippen molar-refractivity contribution in [2.75, 3.05) is 37.8 Å². The van der Waals surface area contributed by atoms with Crippen molar-refractivity contribution in [2.24, 2.45) is 5.92 Å². The quantitative estimate of drug-likeness (QED) is 0.815. The second-order valence-electron chi connectivity index (χ2n) is 6.59. The van der Waals surface area contributed by atoms with Gasteiger partial charge in [0.15, 0.2) is 5.13 Å². The summed E-state index contributed by atoms with van der Waals surface area (Å²) in [6.45, 7) is 4.68. The van der Waals surface area contributed by atoms with Gasteiger partial charge in [0.2, 0.25) is 10.0 Å². The van der Waals surface area contributed by atoms with Gasteiger partial charge in [0.1, 0.15) is 0 Å². The number of sulfonamides is 1. The van der Waals surface area contributed by atoms with Crippen molar-refractivity contribution < 1.29 is 8.42 Å². The molecular weight excluding hydrogens is 342 g/mol. The molecular formula is C17H25N3O2S2. The number of rotatable bonds is 5. The molecule has 1 fully saturated rings. The lowest BCUT2D eigenvalue weighted by Crippen LogP contribution is -2.39. The summed E-state index contributed by atoms with van der Waals surface area (Å²) < 4.78 is 25.8. The smallest absolute Gasteiger partial charge is 0.210 e. The lowest BCUT2D eigenvalue weighted by molar-refractivity contribution is 0.329. The molecule has 7 heteroatoms. The number of aromatic nitrogens is 1. The van der Waals surface area contributed by atoms with E-state index in [1.807, 2.05) is 0 Å². The van der Waals surface area contributed by atoms with E-state index in [4.69, 9.17) is 4.98 Å². The van der Waals surface area contributed by atoms with Crippen LogP contribution in [0.3, 0.4) is 0 Å². The molecule has 0 spiro atoms. The van der Waals surface area contributed by atoms with Gasteiger partial charge >= 0.3 is 0 Å². The molecule has 5 nitrogen and oxygen atoms in total. The standard InChI is InChI=1S/C17H25N3O2S2/c1-4-14-6-5-7-15-16(14)18-17(23-15)20-10-8-13(9-11-20)12-19(2)24(3,21)22/h5-7,13H,4,8-12H2,1-3H3. The average molecular weight is 368 g/mol. The molecule has 0 radical (unpaired) electrons. The number of thiazole rings is 1. The summed E-state index contributed by atoms with van der Waals surface area (Å²) in [5, 5.41) is 1.10. The number of benzene rings is 1. The van der Waals surface area contributed by atoms with E-state index in [9.17, 15) is 8.42 Å². The number of aryl methyl sites for hydroxylation is 1. The molecule has 1 aliphatic rings. The molecule has 1 saturated heterocycles. The van der Waals surface area contributed by atoms with Crippen LogP contribution in [0.1, 0.15) is 25.3 Å². The minimum Gasteiger partial charge on any atom is -0.348 e. The van der Waals surface area contributed by atoms with Crippen molar-refractivity contribution in [3.8, 4) is 0 Å². The van der Waals surface area contributed by atoms with E-state index in [0.717, 1.165) is 43.0 Å². The van der Waals surface area contributed by atoms with E-state index in [-0.39, 0.29) is 0 Å². The number of piperidine rings is 1. The molecule has 0 amide bonds. The third kappa shape index (κ3) is 3.73. The zero-order valence-corrected chi connectivity index (χ0v) is 16.2. The fraction of sp³-hybridized carbons (Fsp3) is 0.588. The van der Waals surface area contributed by atoms with Gasteiger partial charge in [-0.15, -0.1) is 0 Å². The van der Waals surface area contributed by atoms with Crippen molar-refractivity contribution in [3.63, 3.8) is 0 Å². The number of fused-ring (bicyclic) bond motifs is 1. The first kappa shape index (κ1) is 17.6. The molecule has 1 aliphatic heterocycles. The Hall–Kier alpha value is -1.18. The normalized spacial score (nSPS) is 17.1. The first-order chi connectivity index (χ1) is 11.4. The van der Waals surface area contributed by atoms with Crippen molar-refractivity contribution in [1.29, 1.82) is 0 Å². The van der Waals surface area contributed by atoms with Crippen LogP contribution in [0.2, 0.25) is 0 Å². The molecule has 132 valence electrons. The minimum absolute atomic E-state index is 0.432. The van der Waals surface area contributed by atoms with Crippen LogP contribution >= 0.6 is 11.3 Å². The summed E-state index contributed by atoms with van der Waals surface area (Å²) >= 11 is 1.76. The maximum Gasteiger partial charge on any atom is 0.210 e. The number of nitrogens with zero attached hydrogens (tertiary/aromatic N) is 3. The summed E-state index contributed by atoms with van der Waals surface area (Å²) in [5.41, 5.74) is 2.44. The predicted molar refractivity (Wildman–Crippen MR) is 101 cm³/mol. The lowest BCUT2D eigenvalue weighted by atomic mass is 9.97. The second-order valence-corrected chi connectivity index (χ2v) is 9.69. The Labute approximate surface area is 148 Å². The molecule has 2 heterocycles. The molecule has 0 atom stereocenters. The summed E-state index contributed by atoms with van der Waals surface area (Å²) in [6.07, 6.45) is 4.29. The Kier molecular flexibility index (Phi) is 5.13. The second kappa shape index (κ2) is 6.98. The number of anilines is 1. The number of hydrogen-bond acceptors (Lipinski definition) is 5. The summed E-state index contributed by atoms with van der Waals surface area (Å²) in [7, 11) is -1.42. The van der Waals surface area contributed by atoms with Crippen LogP contribution in [0.5, 0.6) is 0 Å². The molecule has 1 aromatic carbocycles. The third-order valence-corrected chi connectivity index (χ3v) is 7.20. The minimum atomic E-state index is -3.08. The van der Waals surface area contributed by atoms with Crippen LogP contribution in [0.15, 0.2) is 18.2 Å². The van der Waals surface area contributed by atoms with Gasteiger partial charge in [0, 0.05) is 26.7 Å². The highest BCUT2D eigenvalue weighted by atomic mass is 32.2. The summed E-state index contributed by atoms with van der Waals surface area (Å²) in [5.74, 6) is 0.432. The predicted octanol–water partition coefficient (Wildman–Crippen LogP) is 2.97. The fourth-order valence-corrected chi connectivity index (χ4v) is 4.77. The van der Waals surface area contributed by atoms with E-state index >= 15 is 0 Å². The van der Waals surface area contributed by atoms with Gasteiger partial charge in [0.25, 0.3) is 0 Å². The Morgan fingerprint density at radius 3 is 2.67 bits per heavy atom. The highest BCUT2D eigenvalue weighted by molar-refractivity contribution is 7.88. The van der Waals surface area contributed by atoms with Crippen molar-refractivity contribution >= 4 is 36.7 Å². The Morgan fingerprint density at radius 1 is 1.33 bits per heavy atom. The summed E-state index contributed by atoms with van der Waals surface area (Å²) in [4.78, 5) is 7.22. The van der Waals surface area contributed by atoms with E-state index < -0.39 is 10.0 Å². The van der Waals surface area contributed by atoms with Gasteiger partial charge in [-0.1, -0.05) is 30.4 Å². The van der Waals surface area contributed by atoms with Crippen LogP contribution in [0, 0.1) is 5.92 Å². The zero-order valence-electron chi connectivity index (χ0n) is 14.5. The SMILES string of the molecule is CCc1cccc2sc(N3CCC(CN(C)S(C)(=O)=O)CC3)nc12. The molecule has 0 saturated carbocycles. The van der Waals surface area contributed by atoms with Crippen LogP contribution < -0.4 is 4.90 Å². The molecule has 0 N–H and O–H groups in total. The maximum absolute atomic E-state index is 11.6. The Morgan fingerprint density at radius 2 is 2.04 bits per heavy atom. The lowest BCUT2D eigenvalue weighted by Gasteiger charge is -2.33. The highest BCUT2D eigenvalue weighted by Gasteiger charge is 2.24. The van der Waals surface area contributed by atoms with Crippen LogP contribution in [0.4, 0.5) is 5.13 Å². The fourth-order valence-electron chi connectivity index (χ4n) is 3.22. The maximum atomic E-state index is 11.6. The van der Waals surface area contributed by atoms with Gasteiger partial charge in [-0.2, -0.15) is 0 Å². The largest absolute Gasteiger partial charge is 0.348 e. The first-order valence-electron chi connectivity index (χ1n) is 8.43. The van der Waals surface area contributed by atoms with Crippen molar-refractivity contribution in [3.05, 3.63) is 23.8 Å². The van der Waals surface area contributed by atoms with Crippen LogP contribution in [0.25, 0.3) is 10.2 Å². The molecule has 3 rings (SSSR count). The van der Waals surface area contributed by atoms with Gasteiger partial charge in [-0.25, -0.2) is 17.7 Å². The Bertz CT molecular complexity index is 808. The number of para-hydroxylation sites is 1. The van der Waals surface area contributed by atoms with E-state index in [2.05, 4.69) is 30.0 Å².